The summed E-state index contributed by atoms with van der Waals surface area (Å²) in [7, 11) is 0. The molecular weight excluding hydrogens is 313 g/mol. The largest absolute Gasteiger partial charge is 0.461 e. The van der Waals surface area contributed by atoms with Gasteiger partial charge in [0, 0.05) is 12.0 Å². The van der Waals surface area contributed by atoms with Gasteiger partial charge in [0.25, 0.3) is 0 Å². The standard InChI is InChI=1S/C16H15F3O4/c1-3-9-23-15(22)13(12(20)4-2)14(21)10-7-5-6-8-11(10)16(17,18)19/h3,5-8,13H,1,4,9H2,2H3. The molecule has 1 atom stereocenters. The summed E-state index contributed by atoms with van der Waals surface area (Å²) in [5.41, 5.74) is -1.93. The summed E-state index contributed by atoms with van der Waals surface area (Å²) in [5, 5.41) is 0. The van der Waals surface area contributed by atoms with Crippen molar-refractivity contribution in [3.8, 4) is 0 Å². The first-order chi connectivity index (χ1) is 10.7. The molecule has 0 radical (unpaired) electrons. The van der Waals surface area contributed by atoms with E-state index in [1.54, 1.807) is 0 Å². The number of halogens is 3. The number of esters is 1. The molecule has 4 nitrogen and oxygen atoms in total. The first-order valence-corrected chi connectivity index (χ1v) is 6.74. The summed E-state index contributed by atoms with van der Waals surface area (Å²) in [6.45, 7) is 4.46. The van der Waals surface area contributed by atoms with Gasteiger partial charge in [0.1, 0.15) is 6.61 Å². The zero-order chi connectivity index (χ0) is 17.6. The van der Waals surface area contributed by atoms with Crippen LogP contribution in [0.15, 0.2) is 36.9 Å². The summed E-state index contributed by atoms with van der Waals surface area (Å²) in [4.78, 5) is 36.1. The van der Waals surface area contributed by atoms with E-state index in [-0.39, 0.29) is 13.0 Å². The first kappa shape index (κ1) is 18.6. The Morgan fingerprint density at radius 2 is 1.87 bits per heavy atom. The van der Waals surface area contributed by atoms with Crippen molar-refractivity contribution in [2.75, 3.05) is 6.61 Å². The number of hydrogen-bond donors (Lipinski definition) is 0. The molecule has 0 aliphatic carbocycles. The molecule has 124 valence electrons. The van der Waals surface area contributed by atoms with Gasteiger partial charge in [0.15, 0.2) is 17.5 Å². The lowest BCUT2D eigenvalue weighted by Crippen LogP contribution is -2.34. The monoisotopic (exact) mass is 328 g/mol. The van der Waals surface area contributed by atoms with Gasteiger partial charge in [-0.15, -0.1) is 0 Å². The fourth-order valence-corrected chi connectivity index (χ4v) is 1.91. The van der Waals surface area contributed by atoms with E-state index in [9.17, 15) is 27.6 Å². The number of benzene rings is 1. The number of Topliss-reactive ketones (excluding diaryl/α,β-unsaturated/α-hetero) is 2. The van der Waals surface area contributed by atoms with Crippen molar-refractivity contribution in [2.45, 2.75) is 19.5 Å². The number of alkyl halides is 3. The normalized spacial score (nSPS) is 12.3. The highest BCUT2D eigenvalue weighted by atomic mass is 19.4. The molecule has 1 rings (SSSR count). The van der Waals surface area contributed by atoms with Crippen LogP contribution in [0.4, 0.5) is 13.2 Å². The summed E-state index contributed by atoms with van der Waals surface area (Å²) in [6.07, 6.45) is -3.75. The third-order valence-electron chi connectivity index (χ3n) is 3.01. The lowest BCUT2D eigenvalue weighted by Gasteiger charge is -2.16. The molecule has 7 heteroatoms. The number of carbonyl (C=O) groups is 3. The Kier molecular flexibility index (Phi) is 6.24. The molecule has 0 aliphatic heterocycles. The molecule has 0 heterocycles. The van der Waals surface area contributed by atoms with E-state index in [4.69, 9.17) is 0 Å². The summed E-state index contributed by atoms with van der Waals surface area (Å²) < 4.78 is 43.6. The molecule has 23 heavy (non-hydrogen) atoms. The second-order valence-electron chi connectivity index (χ2n) is 4.58. The summed E-state index contributed by atoms with van der Waals surface area (Å²) in [6, 6.07) is 4.00. The second-order valence-corrected chi connectivity index (χ2v) is 4.58. The number of ether oxygens (including phenoxy) is 1. The Labute approximate surface area is 130 Å². The van der Waals surface area contributed by atoms with Crippen molar-refractivity contribution in [1.82, 2.24) is 0 Å². The summed E-state index contributed by atoms with van der Waals surface area (Å²) in [5.74, 6) is -5.12. The minimum absolute atomic E-state index is 0.187. The molecule has 0 aromatic heterocycles. The van der Waals surface area contributed by atoms with Crippen LogP contribution in [0.1, 0.15) is 29.3 Å². The molecule has 1 unspecified atom stereocenters. The van der Waals surface area contributed by atoms with Crippen LogP contribution in [0.25, 0.3) is 0 Å². The van der Waals surface area contributed by atoms with Crippen molar-refractivity contribution in [2.24, 2.45) is 5.92 Å². The van der Waals surface area contributed by atoms with Gasteiger partial charge in [-0.25, -0.2) is 0 Å². The van der Waals surface area contributed by atoms with Gasteiger partial charge in [-0.2, -0.15) is 13.2 Å². The first-order valence-electron chi connectivity index (χ1n) is 6.74. The molecule has 0 saturated carbocycles. The highest BCUT2D eigenvalue weighted by Crippen LogP contribution is 2.33. The van der Waals surface area contributed by atoms with Gasteiger partial charge in [-0.1, -0.05) is 37.8 Å². The van der Waals surface area contributed by atoms with Gasteiger partial charge >= 0.3 is 12.1 Å². The minimum Gasteiger partial charge on any atom is -0.461 e. The molecule has 0 amide bonds. The maximum absolute atomic E-state index is 13.0. The molecule has 1 aromatic carbocycles. The van der Waals surface area contributed by atoms with Crippen LogP contribution in [0, 0.1) is 5.92 Å². The zero-order valence-corrected chi connectivity index (χ0v) is 12.4. The predicted octanol–water partition coefficient (Wildman–Crippen LogP) is 3.21. The van der Waals surface area contributed by atoms with Gasteiger partial charge in [0.2, 0.25) is 0 Å². The predicted molar refractivity (Wildman–Crippen MR) is 75.7 cm³/mol. The van der Waals surface area contributed by atoms with Crippen molar-refractivity contribution < 1.29 is 32.3 Å². The number of hydrogen-bond acceptors (Lipinski definition) is 4. The van der Waals surface area contributed by atoms with Crippen LogP contribution in [-0.4, -0.2) is 24.1 Å². The topological polar surface area (TPSA) is 60.4 Å². The Morgan fingerprint density at radius 3 is 2.39 bits per heavy atom. The molecule has 0 aliphatic rings. The minimum atomic E-state index is -4.78. The van der Waals surface area contributed by atoms with Gasteiger partial charge in [-0.3, -0.25) is 14.4 Å². The Bertz CT molecular complexity index is 620. The average molecular weight is 328 g/mol. The van der Waals surface area contributed by atoms with Gasteiger partial charge in [-0.05, 0) is 6.07 Å². The third kappa shape index (κ3) is 4.51. The Hall–Kier alpha value is -2.44. The Balaban J connectivity index is 3.28. The van der Waals surface area contributed by atoms with Gasteiger partial charge in [0.05, 0.1) is 5.56 Å². The van der Waals surface area contributed by atoms with Crippen molar-refractivity contribution in [3.63, 3.8) is 0 Å². The molecule has 0 N–H and O–H groups in total. The highest BCUT2D eigenvalue weighted by Gasteiger charge is 2.40. The molecule has 0 bridgehead atoms. The van der Waals surface area contributed by atoms with Crippen LogP contribution >= 0.6 is 0 Å². The van der Waals surface area contributed by atoms with Crippen molar-refractivity contribution in [3.05, 3.63) is 48.0 Å². The van der Waals surface area contributed by atoms with E-state index in [1.807, 2.05) is 0 Å². The van der Waals surface area contributed by atoms with Crippen LogP contribution in [0.2, 0.25) is 0 Å². The third-order valence-corrected chi connectivity index (χ3v) is 3.01. The molecule has 1 aromatic rings. The van der Waals surface area contributed by atoms with Crippen molar-refractivity contribution >= 4 is 17.5 Å². The van der Waals surface area contributed by atoms with Gasteiger partial charge < -0.3 is 4.74 Å². The maximum Gasteiger partial charge on any atom is 0.417 e. The zero-order valence-electron chi connectivity index (χ0n) is 12.4. The summed E-state index contributed by atoms with van der Waals surface area (Å²) >= 11 is 0. The SMILES string of the molecule is C=CCOC(=O)C(C(=O)CC)C(=O)c1ccccc1C(F)(F)F. The van der Waals surface area contributed by atoms with Crippen LogP contribution in [-0.2, 0) is 20.5 Å². The van der Waals surface area contributed by atoms with Crippen LogP contribution in [0.3, 0.4) is 0 Å². The van der Waals surface area contributed by atoms with E-state index in [2.05, 4.69) is 11.3 Å². The molecule has 0 spiro atoms. The van der Waals surface area contributed by atoms with E-state index in [0.29, 0.717) is 0 Å². The van der Waals surface area contributed by atoms with E-state index in [1.165, 1.54) is 19.1 Å². The average Bonchev–Trinajstić information content (AvgIpc) is 2.51. The number of carbonyl (C=O) groups excluding carboxylic acids is 3. The molecular formula is C16H15F3O4. The number of ketones is 2. The highest BCUT2D eigenvalue weighted by molar-refractivity contribution is 6.22. The van der Waals surface area contributed by atoms with E-state index < -0.39 is 40.8 Å². The smallest absolute Gasteiger partial charge is 0.417 e. The molecule has 0 fully saturated rings. The van der Waals surface area contributed by atoms with Crippen LogP contribution in [0.5, 0.6) is 0 Å². The Morgan fingerprint density at radius 1 is 1.26 bits per heavy atom. The van der Waals surface area contributed by atoms with E-state index >= 15 is 0 Å². The lowest BCUT2D eigenvalue weighted by atomic mass is 9.90. The van der Waals surface area contributed by atoms with Crippen LogP contribution < -0.4 is 0 Å². The van der Waals surface area contributed by atoms with Crippen molar-refractivity contribution in [1.29, 1.82) is 0 Å². The number of rotatable bonds is 7. The quantitative estimate of drug-likeness (QED) is 0.334. The molecule has 0 saturated heterocycles. The fraction of sp³-hybridized carbons (Fsp3) is 0.312. The van der Waals surface area contributed by atoms with E-state index in [0.717, 1.165) is 18.2 Å². The maximum atomic E-state index is 13.0. The second kappa shape index (κ2) is 7.71. The lowest BCUT2D eigenvalue weighted by molar-refractivity contribution is -0.149. The fourth-order valence-electron chi connectivity index (χ4n) is 1.91.